The summed E-state index contributed by atoms with van der Waals surface area (Å²) in [6.07, 6.45) is 0. The summed E-state index contributed by atoms with van der Waals surface area (Å²) in [5.74, 6) is 0.235. The van der Waals surface area contributed by atoms with Crippen molar-refractivity contribution in [1.82, 2.24) is 4.90 Å². The predicted octanol–water partition coefficient (Wildman–Crippen LogP) is 1.98. The van der Waals surface area contributed by atoms with Crippen molar-refractivity contribution in [3.63, 3.8) is 0 Å². The zero-order valence-corrected chi connectivity index (χ0v) is 15.2. The highest BCUT2D eigenvalue weighted by Gasteiger charge is 2.39. The summed E-state index contributed by atoms with van der Waals surface area (Å²) in [5.41, 5.74) is 6.33. The van der Waals surface area contributed by atoms with Crippen molar-refractivity contribution in [2.24, 2.45) is 11.1 Å². The lowest BCUT2D eigenvalue weighted by molar-refractivity contribution is -0.143. The van der Waals surface area contributed by atoms with Gasteiger partial charge in [-0.15, -0.1) is 11.8 Å². The van der Waals surface area contributed by atoms with Crippen LogP contribution >= 0.6 is 11.8 Å². The first-order valence-electron chi connectivity index (χ1n) is 7.72. The van der Waals surface area contributed by atoms with E-state index in [4.69, 9.17) is 5.73 Å². The van der Waals surface area contributed by atoms with Crippen LogP contribution in [0.3, 0.4) is 0 Å². The minimum absolute atomic E-state index is 0.0461. The number of nitrogens with one attached hydrogen (secondary N) is 1. The number of carbonyl (C=O) groups is 3. The number of hydrogen-bond donors (Lipinski definition) is 2. The fourth-order valence-corrected chi connectivity index (χ4v) is 3.70. The molecule has 7 heteroatoms. The van der Waals surface area contributed by atoms with Crippen molar-refractivity contribution in [2.75, 3.05) is 16.9 Å². The Kier molecular flexibility index (Phi) is 5.22. The van der Waals surface area contributed by atoms with Gasteiger partial charge in [0.15, 0.2) is 0 Å². The van der Waals surface area contributed by atoms with E-state index in [-0.39, 0.29) is 11.8 Å². The zero-order chi connectivity index (χ0) is 18.1. The first-order chi connectivity index (χ1) is 11.1. The molecule has 1 aromatic rings. The van der Waals surface area contributed by atoms with E-state index >= 15 is 0 Å². The number of benzene rings is 1. The summed E-state index contributed by atoms with van der Waals surface area (Å²) in [5, 5.41) is 2.83. The molecule has 1 atom stereocenters. The maximum Gasteiger partial charge on any atom is 0.249 e. The van der Waals surface area contributed by atoms with Gasteiger partial charge in [-0.3, -0.25) is 14.4 Å². The minimum Gasteiger partial charge on any atom is -0.366 e. The van der Waals surface area contributed by atoms with E-state index in [0.717, 1.165) is 0 Å². The van der Waals surface area contributed by atoms with E-state index in [1.807, 2.05) is 20.8 Å². The maximum atomic E-state index is 12.7. The van der Waals surface area contributed by atoms with Gasteiger partial charge in [-0.2, -0.15) is 0 Å². The Hall–Kier alpha value is -2.02. The monoisotopic (exact) mass is 349 g/mol. The second kappa shape index (κ2) is 6.84. The molecule has 1 saturated heterocycles. The normalized spacial score (nSPS) is 17.7. The Morgan fingerprint density at radius 3 is 2.54 bits per heavy atom. The lowest BCUT2D eigenvalue weighted by Gasteiger charge is -2.29. The van der Waals surface area contributed by atoms with Gasteiger partial charge in [0.05, 0.1) is 5.88 Å². The Labute approximate surface area is 146 Å². The molecule has 24 heavy (non-hydrogen) atoms. The highest BCUT2D eigenvalue weighted by atomic mass is 32.2. The number of amides is 3. The second-order valence-corrected chi connectivity index (χ2v) is 7.87. The molecule has 0 spiro atoms. The summed E-state index contributed by atoms with van der Waals surface area (Å²) in [4.78, 5) is 38.2. The molecule has 6 nitrogen and oxygen atoms in total. The second-order valence-electron chi connectivity index (χ2n) is 6.87. The van der Waals surface area contributed by atoms with Crippen LogP contribution in [0.5, 0.6) is 0 Å². The van der Waals surface area contributed by atoms with Gasteiger partial charge < -0.3 is 16.0 Å². The SMILES string of the molecule is Cc1c(NC(=O)[C@H]2CSCN2C(=O)C(C)(C)C)cccc1C(N)=O. The maximum absolute atomic E-state index is 12.7. The predicted molar refractivity (Wildman–Crippen MR) is 95.7 cm³/mol. The number of hydrogen-bond acceptors (Lipinski definition) is 4. The Bertz CT molecular complexity index is 682. The molecule has 0 radical (unpaired) electrons. The van der Waals surface area contributed by atoms with E-state index in [2.05, 4.69) is 5.32 Å². The molecule has 0 unspecified atom stereocenters. The molecule has 130 valence electrons. The van der Waals surface area contributed by atoms with Gasteiger partial charge in [0.25, 0.3) is 0 Å². The van der Waals surface area contributed by atoms with Crippen LogP contribution in [0.1, 0.15) is 36.7 Å². The zero-order valence-electron chi connectivity index (χ0n) is 14.4. The molecule has 3 N–H and O–H groups in total. The van der Waals surface area contributed by atoms with Crippen molar-refractivity contribution < 1.29 is 14.4 Å². The summed E-state index contributed by atoms with van der Waals surface area (Å²) < 4.78 is 0. The van der Waals surface area contributed by atoms with E-state index in [1.165, 1.54) is 0 Å². The van der Waals surface area contributed by atoms with Gasteiger partial charge in [-0.05, 0) is 24.6 Å². The topological polar surface area (TPSA) is 92.5 Å². The van der Waals surface area contributed by atoms with Gasteiger partial charge in [0.2, 0.25) is 17.7 Å². The molecule has 1 fully saturated rings. The molecule has 1 heterocycles. The number of anilines is 1. The van der Waals surface area contributed by atoms with Crippen LogP contribution in [0.25, 0.3) is 0 Å². The van der Waals surface area contributed by atoms with Crippen LogP contribution in [0.15, 0.2) is 18.2 Å². The van der Waals surface area contributed by atoms with Crippen molar-refractivity contribution in [1.29, 1.82) is 0 Å². The third kappa shape index (κ3) is 3.72. The van der Waals surface area contributed by atoms with Gasteiger partial charge >= 0.3 is 0 Å². The van der Waals surface area contributed by atoms with Crippen LogP contribution < -0.4 is 11.1 Å². The van der Waals surface area contributed by atoms with Gasteiger partial charge in [-0.1, -0.05) is 26.8 Å². The fraction of sp³-hybridized carbons (Fsp3) is 0.471. The average Bonchev–Trinajstić information content (AvgIpc) is 2.96. The molecule has 2 rings (SSSR count). The molecule has 0 saturated carbocycles. The number of thioether (sulfide) groups is 1. The molecular formula is C17H23N3O3S. The summed E-state index contributed by atoms with van der Waals surface area (Å²) in [6.45, 7) is 7.26. The van der Waals surface area contributed by atoms with Crippen molar-refractivity contribution >= 4 is 35.2 Å². The highest BCUT2D eigenvalue weighted by molar-refractivity contribution is 7.99. The van der Waals surface area contributed by atoms with E-state index in [1.54, 1.807) is 41.8 Å². The Morgan fingerprint density at radius 2 is 1.96 bits per heavy atom. The molecule has 1 aliphatic rings. The number of nitrogens with two attached hydrogens (primary N) is 1. The van der Waals surface area contributed by atoms with Gasteiger partial charge in [0, 0.05) is 22.4 Å². The van der Waals surface area contributed by atoms with E-state index in [0.29, 0.717) is 28.4 Å². The van der Waals surface area contributed by atoms with Crippen LogP contribution in [0.2, 0.25) is 0 Å². The standard InChI is InChI=1S/C17H23N3O3S/c1-10-11(14(18)21)6-5-7-12(10)19-15(22)13-8-24-9-20(13)16(23)17(2,3)4/h5-7,13H,8-9H2,1-4H3,(H2,18,21)(H,19,22)/t13-/m1/s1. The molecule has 1 aromatic carbocycles. The van der Waals surface area contributed by atoms with Crippen LogP contribution in [-0.2, 0) is 9.59 Å². The van der Waals surface area contributed by atoms with Crippen LogP contribution in [-0.4, -0.2) is 40.3 Å². The van der Waals surface area contributed by atoms with Crippen molar-refractivity contribution in [3.05, 3.63) is 29.3 Å². The quantitative estimate of drug-likeness (QED) is 0.873. The Morgan fingerprint density at radius 1 is 1.29 bits per heavy atom. The van der Waals surface area contributed by atoms with Crippen LogP contribution in [0.4, 0.5) is 5.69 Å². The molecule has 0 aromatic heterocycles. The van der Waals surface area contributed by atoms with Crippen molar-refractivity contribution in [2.45, 2.75) is 33.7 Å². The average molecular weight is 349 g/mol. The van der Waals surface area contributed by atoms with Gasteiger partial charge in [0.1, 0.15) is 6.04 Å². The molecular weight excluding hydrogens is 326 g/mol. The highest BCUT2D eigenvalue weighted by Crippen LogP contribution is 2.28. The summed E-state index contributed by atoms with van der Waals surface area (Å²) >= 11 is 1.56. The van der Waals surface area contributed by atoms with E-state index < -0.39 is 17.4 Å². The molecule has 0 aliphatic carbocycles. The Balaban J connectivity index is 2.19. The summed E-state index contributed by atoms with van der Waals surface area (Å²) in [6, 6.07) is 4.49. The molecule has 3 amide bonds. The first kappa shape index (κ1) is 18.3. The smallest absolute Gasteiger partial charge is 0.249 e. The number of carbonyl (C=O) groups excluding carboxylic acids is 3. The first-order valence-corrected chi connectivity index (χ1v) is 8.87. The van der Waals surface area contributed by atoms with Crippen LogP contribution in [0, 0.1) is 12.3 Å². The number of rotatable bonds is 3. The lowest BCUT2D eigenvalue weighted by Crippen LogP contribution is -2.48. The fourth-order valence-electron chi connectivity index (χ4n) is 2.54. The third-order valence-corrected chi connectivity index (χ3v) is 4.96. The van der Waals surface area contributed by atoms with Crippen molar-refractivity contribution in [3.8, 4) is 0 Å². The summed E-state index contributed by atoms with van der Waals surface area (Å²) in [7, 11) is 0. The lowest BCUT2D eigenvalue weighted by atomic mass is 9.94. The molecule has 0 bridgehead atoms. The molecule has 1 aliphatic heterocycles. The van der Waals surface area contributed by atoms with E-state index in [9.17, 15) is 14.4 Å². The third-order valence-electron chi connectivity index (χ3n) is 3.94. The largest absolute Gasteiger partial charge is 0.366 e. The minimum atomic E-state index is -0.537. The van der Waals surface area contributed by atoms with Gasteiger partial charge in [-0.25, -0.2) is 0 Å². The number of nitrogens with zero attached hydrogens (tertiary/aromatic N) is 1. The number of primary amides is 1.